The van der Waals surface area contributed by atoms with Crippen LogP contribution in [-0.2, 0) is 0 Å². The van der Waals surface area contributed by atoms with Crippen molar-refractivity contribution in [3.05, 3.63) is 0 Å². The Morgan fingerprint density at radius 3 is 2.75 bits per heavy atom. The molecule has 0 bridgehead atoms. The summed E-state index contributed by atoms with van der Waals surface area (Å²) in [4.78, 5) is 2.48. The molecule has 3 heteroatoms. The Kier molecular flexibility index (Phi) is 3.83. The average molecular weight is 221 g/mol. The number of nitrogens with one attached hydrogen (secondary N) is 1. The number of rotatable bonds is 4. The second-order valence-corrected chi connectivity index (χ2v) is 5.48. The summed E-state index contributed by atoms with van der Waals surface area (Å²) in [6, 6.07) is 3.69. The van der Waals surface area contributed by atoms with Gasteiger partial charge in [0.25, 0.3) is 0 Å². The molecule has 0 radical (unpaired) electrons. The van der Waals surface area contributed by atoms with Crippen LogP contribution in [0.2, 0.25) is 0 Å². The van der Waals surface area contributed by atoms with E-state index in [-0.39, 0.29) is 6.04 Å². The number of hydrogen-bond acceptors (Lipinski definition) is 3. The Morgan fingerprint density at radius 2 is 2.12 bits per heavy atom. The summed E-state index contributed by atoms with van der Waals surface area (Å²) in [5, 5.41) is 12.6. The van der Waals surface area contributed by atoms with Crippen molar-refractivity contribution in [2.24, 2.45) is 5.92 Å². The van der Waals surface area contributed by atoms with Crippen LogP contribution in [0.15, 0.2) is 0 Å². The first-order valence-electron chi connectivity index (χ1n) is 6.60. The molecule has 3 atom stereocenters. The van der Waals surface area contributed by atoms with E-state index < -0.39 is 0 Å². The van der Waals surface area contributed by atoms with Crippen molar-refractivity contribution in [2.75, 3.05) is 13.1 Å². The highest BCUT2D eigenvalue weighted by molar-refractivity contribution is 4.98. The fourth-order valence-corrected chi connectivity index (χ4v) is 2.58. The molecule has 0 amide bonds. The average Bonchev–Trinajstić information content (AvgIpc) is 3.07. The molecule has 2 rings (SSSR count). The highest BCUT2D eigenvalue weighted by Gasteiger charge is 2.29. The van der Waals surface area contributed by atoms with Crippen molar-refractivity contribution in [1.29, 1.82) is 5.26 Å². The summed E-state index contributed by atoms with van der Waals surface area (Å²) in [6.45, 7) is 6.69. The van der Waals surface area contributed by atoms with E-state index in [0.717, 1.165) is 19.0 Å². The molecule has 90 valence electrons. The maximum Gasteiger partial charge on any atom is 0.108 e. The van der Waals surface area contributed by atoms with Crippen LogP contribution in [0, 0.1) is 17.2 Å². The van der Waals surface area contributed by atoms with Gasteiger partial charge in [0.15, 0.2) is 0 Å². The van der Waals surface area contributed by atoms with Crippen LogP contribution >= 0.6 is 0 Å². The smallest absolute Gasteiger partial charge is 0.108 e. The molecule has 0 aromatic carbocycles. The summed E-state index contributed by atoms with van der Waals surface area (Å²) < 4.78 is 0. The van der Waals surface area contributed by atoms with E-state index in [1.165, 1.54) is 25.7 Å². The first-order chi connectivity index (χ1) is 7.70. The van der Waals surface area contributed by atoms with E-state index in [9.17, 15) is 0 Å². The topological polar surface area (TPSA) is 39.1 Å². The van der Waals surface area contributed by atoms with E-state index >= 15 is 0 Å². The van der Waals surface area contributed by atoms with Gasteiger partial charge in [-0.25, -0.2) is 0 Å². The van der Waals surface area contributed by atoms with Gasteiger partial charge in [0.05, 0.1) is 6.07 Å². The summed E-state index contributed by atoms with van der Waals surface area (Å²) >= 11 is 0. The standard InChI is InChI=1S/C13H23N3/c1-10-4-3-7-16(11(10)2)9-13(8-14)15-12-5-6-12/h10-13,15H,3-7,9H2,1-2H3. The molecule has 1 saturated carbocycles. The largest absolute Gasteiger partial charge is 0.298 e. The van der Waals surface area contributed by atoms with Gasteiger partial charge in [0.1, 0.15) is 6.04 Å². The third-order valence-electron chi connectivity index (χ3n) is 4.09. The fourth-order valence-electron chi connectivity index (χ4n) is 2.58. The van der Waals surface area contributed by atoms with Gasteiger partial charge >= 0.3 is 0 Å². The van der Waals surface area contributed by atoms with Gasteiger partial charge in [-0.15, -0.1) is 0 Å². The van der Waals surface area contributed by atoms with E-state index in [1.54, 1.807) is 0 Å². The number of piperidine rings is 1. The molecule has 1 aliphatic carbocycles. The van der Waals surface area contributed by atoms with Crippen LogP contribution in [0.5, 0.6) is 0 Å². The van der Waals surface area contributed by atoms with Crippen LogP contribution in [0.25, 0.3) is 0 Å². The third-order valence-corrected chi connectivity index (χ3v) is 4.09. The zero-order valence-electron chi connectivity index (χ0n) is 10.4. The zero-order valence-corrected chi connectivity index (χ0v) is 10.4. The van der Waals surface area contributed by atoms with Crippen LogP contribution in [0.4, 0.5) is 0 Å². The van der Waals surface area contributed by atoms with Crippen molar-refractivity contribution < 1.29 is 0 Å². The van der Waals surface area contributed by atoms with Gasteiger partial charge < -0.3 is 0 Å². The van der Waals surface area contributed by atoms with Gasteiger partial charge in [-0.05, 0) is 45.1 Å². The summed E-state index contributed by atoms with van der Waals surface area (Å²) in [5.74, 6) is 0.772. The molecule has 2 aliphatic rings. The van der Waals surface area contributed by atoms with Crippen molar-refractivity contribution >= 4 is 0 Å². The van der Waals surface area contributed by atoms with Crippen molar-refractivity contribution in [1.82, 2.24) is 10.2 Å². The number of nitrogens with zero attached hydrogens (tertiary/aromatic N) is 2. The highest BCUT2D eigenvalue weighted by atomic mass is 15.2. The third kappa shape index (κ3) is 2.96. The van der Waals surface area contributed by atoms with E-state index in [1.807, 2.05) is 0 Å². The lowest BCUT2D eigenvalue weighted by molar-refractivity contribution is 0.108. The van der Waals surface area contributed by atoms with Crippen LogP contribution in [-0.4, -0.2) is 36.1 Å². The van der Waals surface area contributed by atoms with Crippen molar-refractivity contribution in [3.63, 3.8) is 0 Å². The maximum atomic E-state index is 9.15. The Labute approximate surface area is 98.8 Å². The Morgan fingerprint density at radius 1 is 1.38 bits per heavy atom. The molecule has 1 heterocycles. The summed E-state index contributed by atoms with van der Waals surface area (Å²) in [7, 11) is 0. The minimum Gasteiger partial charge on any atom is -0.298 e. The van der Waals surface area contributed by atoms with Gasteiger partial charge in [0, 0.05) is 18.6 Å². The number of nitriles is 1. The second kappa shape index (κ2) is 5.16. The van der Waals surface area contributed by atoms with E-state index in [0.29, 0.717) is 12.1 Å². The monoisotopic (exact) mass is 221 g/mol. The van der Waals surface area contributed by atoms with Gasteiger partial charge in [-0.2, -0.15) is 5.26 Å². The molecule has 16 heavy (non-hydrogen) atoms. The minimum absolute atomic E-state index is 0.0280. The summed E-state index contributed by atoms with van der Waals surface area (Å²) in [6.07, 6.45) is 5.13. The first-order valence-corrected chi connectivity index (χ1v) is 6.60. The zero-order chi connectivity index (χ0) is 11.5. The normalized spacial score (nSPS) is 33.3. The molecule has 0 spiro atoms. The minimum atomic E-state index is 0.0280. The number of hydrogen-bond donors (Lipinski definition) is 1. The van der Waals surface area contributed by atoms with E-state index in [4.69, 9.17) is 5.26 Å². The Bertz CT molecular complexity index is 267. The predicted molar refractivity (Wildman–Crippen MR) is 65.0 cm³/mol. The molecule has 2 fully saturated rings. The molecule has 0 aromatic rings. The SMILES string of the molecule is CC1CCCN(CC(C#N)NC2CC2)C1C. The lowest BCUT2D eigenvalue weighted by Gasteiger charge is -2.38. The van der Waals surface area contributed by atoms with Gasteiger partial charge in [-0.3, -0.25) is 10.2 Å². The molecule has 1 aliphatic heterocycles. The molecule has 0 aromatic heterocycles. The second-order valence-electron chi connectivity index (χ2n) is 5.48. The Hall–Kier alpha value is -0.590. The van der Waals surface area contributed by atoms with Crippen LogP contribution in [0.3, 0.4) is 0 Å². The van der Waals surface area contributed by atoms with Crippen molar-refractivity contribution in [2.45, 2.75) is 57.7 Å². The molecule has 3 nitrogen and oxygen atoms in total. The highest BCUT2D eigenvalue weighted by Crippen LogP contribution is 2.24. The molecule has 1 saturated heterocycles. The molecular weight excluding hydrogens is 198 g/mol. The van der Waals surface area contributed by atoms with Crippen molar-refractivity contribution in [3.8, 4) is 6.07 Å². The van der Waals surface area contributed by atoms with Gasteiger partial charge in [-0.1, -0.05) is 6.92 Å². The van der Waals surface area contributed by atoms with Crippen LogP contribution < -0.4 is 5.32 Å². The Balaban J connectivity index is 1.83. The molecule has 3 unspecified atom stereocenters. The predicted octanol–water partition coefficient (Wildman–Crippen LogP) is 1.75. The fraction of sp³-hybridized carbons (Fsp3) is 0.923. The van der Waals surface area contributed by atoms with E-state index in [2.05, 4.69) is 30.1 Å². The quantitative estimate of drug-likeness (QED) is 0.786. The lowest BCUT2D eigenvalue weighted by Crippen LogP contribution is -2.49. The molecular formula is C13H23N3. The first kappa shape index (κ1) is 11.9. The lowest BCUT2D eigenvalue weighted by atomic mass is 9.92. The molecule has 1 N–H and O–H groups in total. The summed E-state index contributed by atoms with van der Waals surface area (Å²) in [5.41, 5.74) is 0. The maximum absolute atomic E-state index is 9.15. The van der Waals surface area contributed by atoms with Gasteiger partial charge in [0.2, 0.25) is 0 Å². The van der Waals surface area contributed by atoms with Crippen LogP contribution in [0.1, 0.15) is 39.5 Å². The number of likely N-dealkylation sites (tertiary alicyclic amines) is 1.